The Kier molecular flexibility index (Phi) is 10.6. The number of benzene rings is 2. The quantitative estimate of drug-likeness (QED) is 0.193. The molecule has 0 spiro atoms. The molecule has 0 radical (unpaired) electrons. The Bertz CT molecular complexity index is 2140. The van der Waals surface area contributed by atoms with Gasteiger partial charge in [-0.25, -0.2) is 8.78 Å². The van der Waals surface area contributed by atoms with Crippen LogP contribution in [-0.2, 0) is 35.4 Å². The van der Waals surface area contributed by atoms with Crippen molar-refractivity contribution in [2.75, 3.05) is 26.4 Å². The molecule has 0 amide bonds. The fourth-order valence-corrected chi connectivity index (χ4v) is 7.03. The monoisotopic (exact) mass is 712 g/mol. The number of rotatable bonds is 10. The number of halogens is 2. The Labute approximate surface area is 298 Å². The van der Waals surface area contributed by atoms with E-state index in [0.29, 0.717) is 50.8 Å². The van der Waals surface area contributed by atoms with Gasteiger partial charge in [-0.2, -0.15) is 0 Å². The summed E-state index contributed by atoms with van der Waals surface area (Å²) in [5.74, 6) is 1.23. The third-order valence-corrected chi connectivity index (χ3v) is 9.65. The number of aromatic nitrogens is 8. The topological polar surface area (TPSA) is 123 Å². The van der Waals surface area contributed by atoms with Crippen molar-refractivity contribution in [3.8, 4) is 0 Å². The van der Waals surface area contributed by atoms with Crippen LogP contribution in [-0.4, -0.2) is 64.8 Å². The van der Waals surface area contributed by atoms with Gasteiger partial charge in [0.25, 0.3) is 11.1 Å². The van der Waals surface area contributed by atoms with Crippen molar-refractivity contribution in [1.29, 1.82) is 0 Å². The Balaban J connectivity index is 0.000000162. The predicted molar refractivity (Wildman–Crippen MR) is 190 cm³/mol. The van der Waals surface area contributed by atoms with E-state index < -0.39 is 0 Å². The normalized spacial score (nSPS) is 17.2. The van der Waals surface area contributed by atoms with Crippen molar-refractivity contribution in [3.05, 3.63) is 127 Å². The summed E-state index contributed by atoms with van der Waals surface area (Å²) in [6, 6.07) is 12.7. The molecule has 8 rings (SSSR count). The maximum absolute atomic E-state index is 13.6. The van der Waals surface area contributed by atoms with Crippen molar-refractivity contribution in [2.24, 2.45) is 0 Å². The molecule has 0 aliphatic carbocycles. The molecule has 272 valence electrons. The number of nitrogens with zero attached hydrogens (tertiary/aromatic N) is 8. The van der Waals surface area contributed by atoms with Crippen LogP contribution in [0.1, 0.15) is 85.5 Å². The summed E-state index contributed by atoms with van der Waals surface area (Å²) in [6.07, 6.45) is 9.01. The van der Waals surface area contributed by atoms with Crippen molar-refractivity contribution in [1.82, 2.24) is 38.3 Å². The zero-order chi connectivity index (χ0) is 36.2. The highest BCUT2D eigenvalue weighted by molar-refractivity contribution is 5.39. The number of aryl methyl sites for hydroxylation is 2. The molecule has 2 atom stereocenters. The summed E-state index contributed by atoms with van der Waals surface area (Å²) in [6.45, 7) is 7.26. The van der Waals surface area contributed by atoms with E-state index in [9.17, 15) is 18.4 Å². The smallest absolute Gasteiger partial charge is 0.296 e. The van der Waals surface area contributed by atoms with Gasteiger partial charge in [0.2, 0.25) is 11.3 Å². The van der Waals surface area contributed by atoms with Gasteiger partial charge in [0.1, 0.15) is 23.3 Å². The first-order valence-electron chi connectivity index (χ1n) is 17.9. The zero-order valence-corrected chi connectivity index (χ0v) is 29.4. The second-order valence-corrected chi connectivity index (χ2v) is 13.4. The van der Waals surface area contributed by atoms with E-state index in [-0.39, 0.29) is 34.6 Å². The number of fused-ring (bicyclic) bond motifs is 2. The van der Waals surface area contributed by atoms with Crippen LogP contribution in [0.15, 0.2) is 70.5 Å². The molecule has 2 aliphatic rings. The van der Waals surface area contributed by atoms with Gasteiger partial charge < -0.3 is 18.6 Å². The standard InChI is InChI=1S/2C19H21FN4O2/c2*1-2-4-17-21-22-18-19(25)23(10-13-5-3-6-15(20)9-13)16(11-24(17)18)14-7-8-26-12-14/h2*3,5-6,9,11,14H,2,4,7-8,10,12H2,1H3/t2*14-/m10/s1. The lowest BCUT2D eigenvalue weighted by Gasteiger charge is -2.18. The van der Waals surface area contributed by atoms with Crippen LogP contribution in [0.5, 0.6) is 0 Å². The third-order valence-electron chi connectivity index (χ3n) is 9.65. The highest BCUT2D eigenvalue weighted by Gasteiger charge is 2.26. The number of hydrogen-bond donors (Lipinski definition) is 0. The average molecular weight is 713 g/mol. The second kappa shape index (κ2) is 15.7. The third kappa shape index (κ3) is 7.30. The summed E-state index contributed by atoms with van der Waals surface area (Å²) in [5, 5.41) is 16.6. The van der Waals surface area contributed by atoms with E-state index in [1.54, 1.807) is 21.3 Å². The Hall–Kier alpha value is -5.08. The maximum Gasteiger partial charge on any atom is 0.296 e. The van der Waals surface area contributed by atoms with Gasteiger partial charge in [-0.1, -0.05) is 38.1 Å². The SMILES string of the molecule is CCCc1nnc2c(=O)n(Cc3cccc(F)c3)c([C@@H]3CCOC3)cn12.CCCc1nnc2c(=O)n(Cc3cccc(F)c3)c([C@H]3CCOC3)cn12. The first kappa shape index (κ1) is 35.3. The summed E-state index contributed by atoms with van der Waals surface area (Å²) in [4.78, 5) is 26.2. The van der Waals surface area contributed by atoms with Gasteiger partial charge in [-0.15, -0.1) is 20.4 Å². The summed E-state index contributed by atoms with van der Waals surface area (Å²) < 4.78 is 45.2. The van der Waals surface area contributed by atoms with Crippen LogP contribution in [0, 0.1) is 11.6 Å². The molecule has 0 bridgehead atoms. The molecule has 2 aromatic carbocycles. The Morgan fingerprint density at radius 2 is 1.12 bits per heavy atom. The predicted octanol–water partition coefficient (Wildman–Crippen LogP) is 5.07. The lowest BCUT2D eigenvalue weighted by molar-refractivity contribution is 0.193. The number of ether oxygens (including phenoxy) is 2. The van der Waals surface area contributed by atoms with E-state index >= 15 is 0 Å². The molecular weight excluding hydrogens is 670 g/mol. The van der Waals surface area contributed by atoms with E-state index in [0.717, 1.165) is 72.7 Å². The molecule has 6 heterocycles. The van der Waals surface area contributed by atoms with Gasteiger partial charge in [-0.05, 0) is 61.1 Å². The molecule has 2 fully saturated rings. The zero-order valence-electron chi connectivity index (χ0n) is 29.4. The number of hydrogen-bond acceptors (Lipinski definition) is 8. The summed E-state index contributed by atoms with van der Waals surface area (Å²) in [5.41, 5.74) is 3.49. The van der Waals surface area contributed by atoms with E-state index in [2.05, 4.69) is 34.2 Å². The lowest BCUT2D eigenvalue weighted by atomic mass is 10.0. The minimum Gasteiger partial charge on any atom is -0.381 e. The fraction of sp³-hybridized carbons (Fsp3) is 0.421. The van der Waals surface area contributed by atoms with Gasteiger partial charge in [0.15, 0.2) is 0 Å². The molecule has 14 heteroatoms. The summed E-state index contributed by atoms with van der Waals surface area (Å²) in [7, 11) is 0. The first-order valence-corrected chi connectivity index (χ1v) is 17.9. The Morgan fingerprint density at radius 1 is 0.673 bits per heavy atom. The molecule has 0 N–H and O–H groups in total. The average Bonchev–Trinajstić information content (AvgIpc) is 3.97. The van der Waals surface area contributed by atoms with Crippen molar-refractivity contribution in [2.45, 2.75) is 77.3 Å². The Morgan fingerprint density at radius 3 is 1.48 bits per heavy atom. The van der Waals surface area contributed by atoms with Crippen LogP contribution < -0.4 is 11.1 Å². The van der Waals surface area contributed by atoms with Gasteiger partial charge >= 0.3 is 0 Å². The lowest BCUT2D eigenvalue weighted by Crippen LogP contribution is -2.28. The van der Waals surface area contributed by atoms with Gasteiger partial charge in [0, 0.05) is 61.7 Å². The minimum absolute atomic E-state index is 0.137. The molecule has 0 saturated carbocycles. The summed E-state index contributed by atoms with van der Waals surface area (Å²) >= 11 is 0. The van der Waals surface area contributed by atoms with Crippen LogP contribution in [0.2, 0.25) is 0 Å². The molecule has 2 aliphatic heterocycles. The molecule has 6 aromatic rings. The maximum atomic E-state index is 13.6. The highest BCUT2D eigenvalue weighted by atomic mass is 19.1. The molecule has 52 heavy (non-hydrogen) atoms. The van der Waals surface area contributed by atoms with Crippen LogP contribution >= 0.6 is 0 Å². The van der Waals surface area contributed by atoms with Crippen molar-refractivity contribution < 1.29 is 18.3 Å². The highest BCUT2D eigenvalue weighted by Crippen LogP contribution is 2.27. The fourth-order valence-electron chi connectivity index (χ4n) is 7.03. The van der Waals surface area contributed by atoms with Gasteiger partial charge in [-0.3, -0.25) is 18.4 Å². The van der Waals surface area contributed by atoms with Crippen LogP contribution in [0.3, 0.4) is 0 Å². The molecule has 2 saturated heterocycles. The molecular formula is C38H42F2N8O4. The van der Waals surface area contributed by atoms with Gasteiger partial charge in [0.05, 0.1) is 26.3 Å². The van der Waals surface area contributed by atoms with Crippen molar-refractivity contribution >= 4 is 11.3 Å². The van der Waals surface area contributed by atoms with E-state index in [1.807, 2.05) is 33.3 Å². The van der Waals surface area contributed by atoms with Crippen LogP contribution in [0.4, 0.5) is 8.78 Å². The molecule has 4 aromatic heterocycles. The molecule has 0 unspecified atom stereocenters. The van der Waals surface area contributed by atoms with Crippen LogP contribution in [0.25, 0.3) is 11.3 Å². The molecule has 12 nitrogen and oxygen atoms in total. The minimum atomic E-state index is -0.310. The largest absolute Gasteiger partial charge is 0.381 e. The van der Waals surface area contributed by atoms with Crippen molar-refractivity contribution in [3.63, 3.8) is 0 Å². The van der Waals surface area contributed by atoms with E-state index in [4.69, 9.17) is 9.47 Å². The second-order valence-electron chi connectivity index (χ2n) is 13.4. The van der Waals surface area contributed by atoms with E-state index in [1.165, 1.54) is 24.3 Å². The first-order chi connectivity index (χ1) is 25.3.